The monoisotopic (exact) mass is 435 g/mol. The van der Waals surface area contributed by atoms with Crippen LogP contribution in [0.25, 0.3) is 0 Å². The van der Waals surface area contributed by atoms with Crippen LogP contribution in [-0.2, 0) is 16.9 Å². The Hall–Kier alpha value is -2.77. The van der Waals surface area contributed by atoms with Gasteiger partial charge in [0.25, 0.3) is 11.6 Å². The quantitative estimate of drug-likeness (QED) is 0.514. The van der Waals surface area contributed by atoms with Crippen molar-refractivity contribution in [1.82, 2.24) is 10.2 Å². The second-order valence-corrected chi connectivity index (χ2v) is 9.52. The molecule has 0 spiro atoms. The van der Waals surface area contributed by atoms with Gasteiger partial charge in [-0.25, -0.2) is 0 Å². The first-order chi connectivity index (χ1) is 15.5. The molecular formula is C25H29N3O4. The molecule has 0 bridgehead atoms. The van der Waals surface area contributed by atoms with Gasteiger partial charge in [-0.3, -0.25) is 19.8 Å². The van der Waals surface area contributed by atoms with Gasteiger partial charge in [-0.15, -0.1) is 0 Å². The van der Waals surface area contributed by atoms with Gasteiger partial charge in [0, 0.05) is 43.2 Å². The minimum atomic E-state index is -1.49. The second-order valence-electron chi connectivity index (χ2n) is 9.52. The molecule has 3 aliphatic rings. The van der Waals surface area contributed by atoms with Crippen LogP contribution >= 0.6 is 0 Å². The molecule has 5 rings (SSSR count). The Morgan fingerprint density at radius 2 is 1.69 bits per heavy atom. The molecule has 7 heteroatoms. The van der Waals surface area contributed by atoms with Crippen LogP contribution < -0.4 is 5.32 Å². The number of piperidine rings is 1. The topological polar surface area (TPSA) is 95.7 Å². The summed E-state index contributed by atoms with van der Waals surface area (Å²) in [6.45, 7) is 2.14. The van der Waals surface area contributed by atoms with Crippen molar-refractivity contribution in [3.05, 3.63) is 75.8 Å². The molecule has 2 aliphatic carbocycles. The molecule has 3 fully saturated rings. The van der Waals surface area contributed by atoms with Crippen molar-refractivity contribution in [2.24, 2.45) is 17.8 Å². The summed E-state index contributed by atoms with van der Waals surface area (Å²) in [5, 5.41) is 26.1. The number of amides is 1. The fraction of sp³-hybridized carbons (Fsp3) is 0.480. The van der Waals surface area contributed by atoms with Crippen LogP contribution in [-0.4, -0.2) is 40.0 Å². The number of rotatable bonds is 7. The van der Waals surface area contributed by atoms with E-state index in [0.29, 0.717) is 23.9 Å². The number of benzene rings is 2. The molecule has 1 heterocycles. The summed E-state index contributed by atoms with van der Waals surface area (Å²) in [4.78, 5) is 26.5. The first-order valence-corrected chi connectivity index (χ1v) is 11.5. The van der Waals surface area contributed by atoms with E-state index >= 15 is 0 Å². The maximum Gasteiger partial charge on any atom is 0.273 e. The van der Waals surface area contributed by atoms with Gasteiger partial charge in [0.2, 0.25) is 0 Å². The maximum atomic E-state index is 13.4. The maximum absolute atomic E-state index is 13.4. The summed E-state index contributed by atoms with van der Waals surface area (Å²) in [7, 11) is 0. The number of fused-ring (bicyclic) bond motifs is 1. The van der Waals surface area contributed by atoms with E-state index in [2.05, 4.69) is 10.2 Å². The van der Waals surface area contributed by atoms with Crippen molar-refractivity contribution < 1.29 is 14.8 Å². The zero-order valence-corrected chi connectivity index (χ0v) is 18.0. The molecule has 0 radical (unpaired) electrons. The highest BCUT2D eigenvalue weighted by atomic mass is 16.6. The highest BCUT2D eigenvalue weighted by Gasteiger charge is 2.58. The van der Waals surface area contributed by atoms with Crippen LogP contribution in [0.15, 0.2) is 54.6 Å². The number of carbonyl (C=O) groups excluding carboxylic acids is 1. The molecule has 1 aliphatic heterocycles. The smallest absolute Gasteiger partial charge is 0.273 e. The van der Waals surface area contributed by atoms with Gasteiger partial charge in [-0.05, 0) is 30.2 Å². The molecule has 2 saturated carbocycles. The SMILES string of the molecule is O=C(NC1C2CN(Cc3ccccc3[N+](=O)[O-])C[C@@H]21)C(O)(c1ccccc1)C1CCCC1. The number of carbonyl (C=O) groups is 1. The fourth-order valence-corrected chi connectivity index (χ4v) is 5.87. The summed E-state index contributed by atoms with van der Waals surface area (Å²) < 4.78 is 0. The highest BCUT2D eigenvalue weighted by molar-refractivity contribution is 5.87. The van der Waals surface area contributed by atoms with E-state index in [9.17, 15) is 20.0 Å². The van der Waals surface area contributed by atoms with Crippen LogP contribution in [0.5, 0.6) is 0 Å². The molecule has 0 aromatic heterocycles. The van der Waals surface area contributed by atoms with E-state index in [-0.39, 0.29) is 28.5 Å². The first-order valence-electron chi connectivity index (χ1n) is 11.5. The number of likely N-dealkylation sites (tertiary alicyclic amines) is 1. The molecule has 168 valence electrons. The van der Waals surface area contributed by atoms with Crippen molar-refractivity contribution in [1.29, 1.82) is 0 Å². The van der Waals surface area contributed by atoms with Gasteiger partial charge >= 0.3 is 0 Å². The van der Waals surface area contributed by atoms with Crippen molar-refractivity contribution >= 4 is 11.6 Å². The Morgan fingerprint density at radius 3 is 2.34 bits per heavy atom. The van der Waals surface area contributed by atoms with Crippen LogP contribution in [0.2, 0.25) is 0 Å². The lowest BCUT2D eigenvalue weighted by molar-refractivity contribution is -0.385. The summed E-state index contributed by atoms with van der Waals surface area (Å²) in [6, 6.07) is 16.3. The van der Waals surface area contributed by atoms with Gasteiger partial charge in [0.1, 0.15) is 0 Å². The second kappa shape index (κ2) is 8.30. The Balaban J connectivity index is 1.23. The number of nitrogens with one attached hydrogen (secondary N) is 1. The van der Waals surface area contributed by atoms with E-state index in [1.165, 1.54) is 0 Å². The third-order valence-electron chi connectivity index (χ3n) is 7.66. The van der Waals surface area contributed by atoms with Crippen molar-refractivity contribution in [2.75, 3.05) is 13.1 Å². The average Bonchev–Trinajstić information content (AvgIpc) is 3.22. The van der Waals surface area contributed by atoms with Crippen molar-refractivity contribution in [2.45, 2.75) is 43.9 Å². The van der Waals surface area contributed by atoms with E-state index in [1.54, 1.807) is 12.1 Å². The van der Waals surface area contributed by atoms with Crippen LogP contribution in [0.3, 0.4) is 0 Å². The summed E-state index contributed by atoms with van der Waals surface area (Å²) >= 11 is 0. The molecule has 2 N–H and O–H groups in total. The van der Waals surface area contributed by atoms with E-state index < -0.39 is 5.60 Å². The predicted molar refractivity (Wildman–Crippen MR) is 120 cm³/mol. The highest BCUT2D eigenvalue weighted by Crippen LogP contribution is 2.47. The number of nitro benzene ring substituents is 1. The molecule has 2 aromatic rings. The van der Waals surface area contributed by atoms with Gasteiger partial charge in [0.15, 0.2) is 5.60 Å². The number of hydrogen-bond acceptors (Lipinski definition) is 5. The average molecular weight is 436 g/mol. The fourth-order valence-electron chi connectivity index (χ4n) is 5.87. The third-order valence-corrected chi connectivity index (χ3v) is 7.66. The van der Waals surface area contributed by atoms with Gasteiger partial charge in [-0.2, -0.15) is 0 Å². The number of nitrogens with zero attached hydrogens (tertiary/aromatic N) is 2. The molecular weight excluding hydrogens is 406 g/mol. The lowest BCUT2D eigenvalue weighted by Crippen LogP contribution is -2.50. The first kappa shape index (κ1) is 21.1. The Bertz CT molecular complexity index is 995. The molecule has 3 unspecified atom stereocenters. The zero-order valence-electron chi connectivity index (χ0n) is 18.0. The minimum Gasteiger partial charge on any atom is -0.375 e. The normalized spacial score (nSPS) is 27.0. The van der Waals surface area contributed by atoms with Crippen molar-refractivity contribution in [3.63, 3.8) is 0 Å². The van der Waals surface area contributed by atoms with Gasteiger partial charge < -0.3 is 10.4 Å². The number of nitro groups is 1. The van der Waals surface area contributed by atoms with Gasteiger partial charge in [0.05, 0.1) is 4.92 Å². The Morgan fingerprint density at radius 1 is 1.06 bits per heavy atom. The zero-order chi connectivity index (χ0) is 22.3. The molecule has 4 atom stereocenters. The number of hydrogen-bond donors (Lipinski definition) is 2. The minimum absolute atomic E-state index is 0.0568. The lowest BCUT2D eigenvalue weighted by Gasteiger charge is -2.33. The molecule has 1 saturated heterocycles. The van der Waals surface area contributed by atoms with E-state index in [0.717, 1.165) is 44.3 Å². The van der Waals surface area contributed by atoms with E-state index in [1.807, 2.05) is 42.5 Å². The van der Waals surface area contributed by atoms with Crippen LogP contribution in [0, 0.1) is 27.9 Å². The third kappa shape index (κ3) is 3.69. The summed E-state index contributed by atoms with van der Waals surface area (Å²) in [6.07, 6.45) is 3.81. The number of aliphatic hydroxyl groups is 1. The van der Waals surface area contributed by atoms with Crippen LogP contribution in [0.1, 0.15) is 36.8 Å². The Labute approximate surface area is 187 Å². The standard InChI is InChI=1S/C25H29N3O4/c29-24(25(30,19-11-5-6-12-19)18-9-2-1-3-10-18)26-23-20-15-27(16-21(20)23)14-17-8-4-7-13-22(17)28(31)32/h1-4,7-10,13,19-21,23,30H,5-6,11-12,14-16H2,(H,26,29)/t20-,21?,23?,25?/m0/s1. The molecule has 32 heavy (non-hydrogen) atoms. The Kier molecular flexibility index (Phi) is 5.47. The van der Waals surface area contributed by atoms with Crippen LogP contribution in [0.4, 0.5) is 5.69 Å². The largest absolute Gasteiger partial charge is 0.375 e. The van der Waals surface area contributed by atoms with E-state index in [4.69, 9.17) is 0 Å². The molecule has 7 nitrogen and oxygen atoms in total. The van der Waals surface area contributed by atoms with Gasteiger partial charge in [-0.1, -0.05) is 61.4 Å². The molecule has 2 aromatic carbocycles. The lowest BCUT2D eigenvalue weighted by atomic mass is 9.79. The number of para-hydroxylation sites is 1. The summed E-state index contributed by atoms with van der Waals surface area (Å²) in [5.74, 6) is 0.342. The summed E-state index contributed by atoms with van der Waals surface area (Å²) in [5.41, 5.74) is 0.0635. The predicted octanol–water partition coefficient (Wildman–Crippen LogP) is 3.22. The van der Waals surface area contributed by atoms with Crippen molar-refractivity contribution in [3.8, 4) is 0 Å². The molecule has 1 amide bonds.